The molecule has 21 heavy (non-hydrogen) atoms. The Morgan fingerprint density at radius 3 is 2.76 bits per heavy atom. The third-order valence-electron chi connectivity index (χ3n) is 4.65. The molecule has 0 radical (unpaired) electrons. The van der Waals surface area contributed by atoms with Crippen LogP contribution in [-0.2, 0) is 13.6 Å². The number of likely N-dealkylation sites (N-methyl/N-ethyl adjacent to an activating group) is 1. The summed E-state index contributed by atoms with van der Waals surface area (Å²) >= 11 is 0. The highest BCUT2D eigenvalue weighted by atomic mass is 19.4. The van der Waals surface area contributed by atoms with Gasteiger partial charge in [0, 0.05) is 37.4 Å². The number of rotatable bonds is 4. The normalized spacial score (nSPS) is 27.3. The zero-order chi connectivity index (χ0) is 15.7. The van der Waals surface area contributed by atoms with Gasteiger partial charge in [0.1, 0.15) is 0 Å². The van der Waals surface area contributed by atoms with E-state index in [0.717, 1.165) is 5.56 Å². The van der Waals surface area contributed by atoms with Gasteiger partial charge in [0.25, 0.3) is 0 Å². The molecule has 1 fully saturated rings. The van der Waals surface area contributed by atoms with Gasteiger partial charge in [-0.15, -0.1) is 0 Å². The fraction of sp³-hybridized carbons (Fsp3) is 0.786. The van der Waals surface area contributed by atoms with E-state index < -0.39 is 17.6 Å². The molecule has 1 aromatic heterocycles. The Labute approximate surface area is 123 Å². The number of halogens is 3. The molecule has 2 unspecified atom stereocenters. The lowest BCUT2D eigenvalue weighted by Gasteiger charge is -2.47. The molecule has 1 aliphatic carbocycles. The highest BCUT2D eigenvalue weighted by Crippen LogP contribution is 2.43. The first-order valence-corrected chi connectivity index (χ1v) is 7.22. The first-order chi connectivity index (χ1) is 9.77. The number of hydrogen-bond donors (Lipinski definition) is 1. The van der Waals surface area contributed by atoms with Crippen LogP contribution in [0.25, 0.3) is 0 Å². The zero-order valence-corrected chi connectivity index (χ0v) is 12.5. The summed E-state index contributed by atoms with van der Waals surface area (Å²) in [4.78, 5) is 1.97. The van der Waals surface area contributed by atoms with Gasteiger partial charge >= 0.3 is 6.18 Å². The van der Waals surface area contributed by atoms with E-state index >= 15 is 0 Å². The van der Waals surface area contributed by atoms with Gasteiger partial charge in [-0.05, 0) is 26.3 Å². The maximum atomic E-state index is 13.0. The second kappa shape index (κ2) is 5.96. The molecule has 0 amide bonds. The Balaban J connectivity index is 2.12. The summed E-state index contributed by atoms with van der Waals surface area (Å²) < 4.78 is 40.8. The second-order valence-electron chi connectivity index (χ2n) is 6.14. The minimum absolute atomic E-state index is 0.0871. The fourth-order valence-electron chi connectivity index (χ4n) is 3.30. The van der Waals surface area contributed by atoms with Crippen molar-refractivity contribution < 1.29 is 13.2 Å². The van der Waals surface area contributed by atoms with E-state index in [1.165, 1.54) is 0 Å². The number of aryl methyl sites for hydroxylation is 1. The molecule has 0 saturated heterocycles. The molecule has 1 aromatic rings. The lowest BCUT2D eigenvalue weighted by Crippen LogP contribution is -2.55. The first-order valence-electron chi connectivity index (χ1n) is 7.22. The third-order valence-corrected chi connectivity index (χ3v) is 4.65. The SMILES string of the molecule is CN(Cc1cnn(C)c1)C1(CN)CCCC(C(F)(F)F)C1. The predicted molar refractivity (Wildman–Crippen MR) is 74.5 cm³/mol. The van der Waals surface area contributed by atoms with E-state index in [1.54, 1.807) is 10.9 Å². The molecule has 0 aliphatic heterocycles. The number of aromatic nitrogens is 2. The Bertz CT molecular complexity index is 471. The number of nitrogens with two attached hydrogens (primary N) is 1. The molecule has 120 valence electrons. The third kappa shape index (κ3) is 3.58. The summed E-state index contributed by atoms with van der Waals surface area (Å²) in [6, 6.07) is 0. The van der Waals surface area contributed by atoms with E-state index in [1.807, 2.05) is 25.2 Å². The van der Waals surface area contributed by atoms with Crippen molar-refractivity contribution in [1.29, 1.82) is 0 Å². The van der Waals surface area contributed by atoms with Gasteiger partial charge in [0.2, 0.25) is 0 Å². The van der Waals surface area contributed by atoms with Crippen LogP contribution in [0, 0.1) is 5.92 Å². The van der Waals surface area contributed by atoms with Crippen molar-refractivity contribution in [2.24, 2.45) is 18.7 Å². The maximum Gasteiger partial charge on any atom is 0.391 e. The average molecular weight is 304 g/mol. The molecular formula is C14H23F3N4. The smallest absolute Gasteiger partial charge is 0.329 e. The molecule has 4 nitrogen and oxygen atoms in total. The van der Waals surface area contributed by atoms with E-state index in [2.05, 4.69) is 5.10 Å². The van der Waals surface area contributed by atoms with Crippen molar-refractivity contribution in [3.8, 4) is 0 Å². The maximum absolute atomic E-state index is 13.0. The molecular weight excluding hydrogens is 281 g/mol. The fourth-order valence-corrected chi connectivity index (χ4v) is 3.30. The molecule has 1 heterocycles. The van der Waals surface area contributed by atoms with Crippen LogP contribution in [0.2, 0.25) is 0 Å². The Hall–Kier alpha value is -1.08. The number of nitrogens with zero attached hydrogens (tertiary/aromatic N) is 3. The highest BCUT2D eigenvalue weighted by molar-refractivity contribution is 5.06. The molecule has 2 rings (SSSR count). The Kier molecular flexibility index (Phi) is 4.63. The summed E-state index contributed by atoms with van der Waals surface area (Å²) in [7, 11) is 3.68. The summed E-state index contributed by atoms with van der Waals surface area (Å²) in [5.74, 6) is -1.24. The number of alkyl halides is 3. The summed E-state index contributed by atoms with van der Waals surface area (Å²) in [5.41, 5.74) is 6.29. The quantitative estimate of drug-likeness (QED) is 0.928. The van der Waals surface area contributed by atoms with Gasteiger partial charge in [0.15, 0.2) is 0 Å². The summed E-state index contributed by atoms with van der Waals surface area (Å²) in [6.45, 7) is 0.811. The van der Waals surface area contributed by atoms with E-state index in [9.17, 15) is 13.2 Å². The number of hydrogen-bond acceptors (Lipinski definition) is 3. The molecule has 0 aromatic carbocycles. The van der Waals surface area contributed by atoms with Gasteiger partial charge < -0.3 is 5.73 Å². The van der Waals surface area contributed by atoms with Gasteiger partial charge in [-0.1, -0.05) is 6.42 Å². The second-order valence-corrected chi connectivity index (χ2v) is 6.14. The van der Waals surface area contributed by atoms with Crippen LogP contribution in [0.5, 0.6) is 0 Å². The van der Waals surface area contributed by atoms with E-state index in [4.69, 9.17) is 5.73 Å². The van der Waals surface area contributed by atoms with Crippen LogP contribution in [-0.4, -0.2) is 40.0 Å². The van der Waals surface area contributed by atoms with E-state index in [-0.39, 0.29) is 19.4 Å². The summed E-state index contributed by atoms with van der Waals surface area (Å²) in [5, 5.41) is 4.10. The lowest BCUT2D eigenvalue weighted by molar-refractivity contribution is -0.193. The van der Waals surface area contributed by atoms with Crippen LogP contribution in [0.3, 0.4) is 0 Å². The Morgan fingerprint density at radius 1 is 1.52 bits per heavy atom. The topological polar surface area (TPSA) is 47.1 Å². The predicted octanol–water partition coefficient (Wildman–Crippen LogP) is 2.30. The van der Waals surface area contributed by atoms with Gasteiger partial charge in [-0.2, -0.15) is 18.3 Å². The zero-order valence-electron chi connectivity index (χ0n) is 12.5. The molecule has 1 saturated carbocycles. The minimum Gasteiger partial charge on any atom is -0.329 e. The standard InChI is InChI=1S/C14H23F3N4/c1-20(8-11-7-19-21(2)9-11)13(10-18)5-3-4-12(6-13)14(15,16)17/h7,9,12H,3-6,8,10,18H2,1-2H3. The van der Waals surface area contributed by atoms with Crippen molar-refractivity contribution in [2.45, 2.75) is 43.9 Å². The van der Waals surface area contributed by atoms with Crippen molar-refractivity contribution in [2.75, 3.05) is 13.6 Å². The molecule has 0 spiro atoms. The van der Waals surface area contributed by atoms with E-state index in [0.29, 0.717) is 19.4 Å². The Morgan fingerprint density at radius 2 is 2.24 bits per heavy atom. The molecule has 2 atom stereocenters. The monoisotopic (exact) mass is 304 g/mol. The molecule has 7 heteroatoms. The van der Waals surface area contributed by atoms with Crippen molar-refractivity contribution in [3.05, 3.63) is 18.0 Å². The highest BCUT2D eigenvalue weighted by Gasteiger charge is 2.48. The summed E-state index contributed by atoms with van der Waals surface area (Å²) in [6.07, 6.45) is 1.08. The van der Waals surface area contributed by atoms with Crippen LogP contribution in [0.15, 0.2) is 12.4 Å². The van der Waals surface area contributed by atoms with Crippen molar-refractivity contribution in [1.82, 2.24) is 14.7 Å². The van der Waals surface area contributed by atoms with Gasteiger partial charge in [-0.3, -0.25) is 9.58 Å². The molecule has 0 bridgehead atoms. The average Bonchev–Trinajstić information content (AvgIpc) is 2.83. The lowest BCUT2D eigenvalue weighted by atomic mass is 9.74. The first kappa shape index (κ1) is 16.3. The van der Waals surface area contributed by atoms with Crippen LogP contribution < -0.4 is 5.73 Å². The van der Waals surface area contributed by atoms with Crippen LogP contribution >= 0.6 is 0 Å². The van der Waals surface area contributed by atoms with Crippen LogP contribution in [0.1, 0.15) is 31.2 Å². The van der Waals surface area contributed by atoms with Crippen molar-refractivity contribution >= 4 is 0 Å². The minimum atomic E-state index is -4.13. The largest absolute Gasteiger partial charge is 0.391 e. The van der Waals surface area contributed by atoms with Gasteiger partial charge in [0.05, 0.1) is 12.1 Å². The molecule has 1 aliphatic rings. The van der Waals surface area contributed by atoms with Gasteiger partial charge in [-0.25, -0.2) is 0 Å². The molecule has 2 N–H and O–H groups in total. The van der Waals surface area contributed by atoms with Crippen LogP contribution in [0.4, 0.5) is 13.2 Å². The van der Waals surface area contributed by atoms with Crippen molar-refractivity contribution in [3.63, 3.8) is 0 Å².